The first-order valence-corrected chi connectivity index (χ1v) is 10.2. The Morgan fingerprint density at radius 2 is 1.86 bits per heavy atom. The number of nitrogens with one attached hydrogen (secondary N) is 1. The number of benzene rings is 2. The topological polar surface area (TPSA) is 77.1 Å². The molecule has 2 atom stereocenters. The van der Waals surface area contributed by atoms with E-state index in [0.29, 0.717) is 29.4 Å². The first kappa shape index (κ1) is 19.4. The predicted octanol–water partition coefficient (Wildman–Crippen LogP) is 2.60. The highest BCUT2D eigenvalue weighted by molar-refractivity contribution is 7.99. The van der Waals surface area contributed by atoms with Crippen LogP contribution in [0.4, 0.5) is 0 Å². The van der Waals surface area contributed by atoms with Crippen LogP contribution in [0.3, 0.4) is 0 Å². The Morgan fingerprint density at radius 1 is 1.10 bits per heavy atom. The Bertz CT molecular complexity index is 947. The fraction of sp³-hybridized carbons (Fsp3) is 0.333. The van der Waals surface area contributed by atoms with Gasteiger partial charge in [-0.25, -0.2) is 0 Å². The van der Waals surface area contributed by atoms with Gasteiger partial charge in [0, 0.05) is 17.9 Å². The molecule has 2 amide bonds. The molecule has 0 spiro atoms. The molecule has 1 saturated heterocycles. The minimum absolute atomic E-state index is 0.164. The number of nitrogens with zero attached hydrogens (tertiary/aromatic N) is 1. The Labute approximate surface area is 173 Å². The monoisotopic (exact) mass is 414 g/mol. The minimum atomic E-state index is -0.529. The summed E-state index contributed by atoms with van der Waals surface area (Å²) in [6, 6.07) is 10.7. The maximum Gasteiger partial charge on any atom is 0.260 e. The molecule has 1 fully saturated rings. The summed E-state index contributed by atoms with van der Waals surface area (Å²) >= 11 is 1.59. The molecule has 0 aromatic heterocycles. The molecule has 0 radical (unpaired) electrons. The van der Waals surface area contributed by atoms with Crippen LogP contribution < -0.4 is 19.5 Å². The summed E-state index contributed by atoms with van der Waals surface area (Å²) in [7, 11) is 4.66. The average Bonchev–Trinajstić information content (AvgIpc) is 3.31. The summed E-state index contributed by atoms with van der Waals surface area (Å²) in [5.74, 6) is 1.88. The van der Waals surface area contributed by atoms with Gasteiger partial charge in [-0.2, -0.15) is 0 Å². The molecular formula is C21H22N2O5S. The van der Waals surface area contributed by atoms with Crippen molar-refractivity contribution in [2.24, 2.45) is 0 Å². The van der Waals surface area contributed by atoms with Crippen LogP contribution in [0.2, 0.25) is 0 Å². The summed E-state index contributed by atoms with van der Waals surface area (Å²) in [5, 5.41) is 2.76. The van der Waals surface area contributed by atoms with Gasteiger partial charge in [0.15, 0.2) is 11.5 Å². The van der Waals surface area contributed by atoms with Crippen molar-refractivity contribution in [3.63, 3.8) is 0 Å². The second-order valence-corrected chi connectivity index (χ2v) is 7.86. The number of thioether (sulfide) groups is 1. The lowest BCUT2D eigenvalue weighted by atomic mass is 10.1. The molecule has 2 aliphatic heterocycles. The van der Waals surface area contributed by atoms with Crippen LogP contribution in [0.15, 0.2) is 36.4 Å². The number of amides is 2. The van der Waals surface area contributed by atoms with Crippen molar-refractivity contribution in [1.82, 2.24) is 10.2 Å². The lowest BCUT2D eigenvalue weighted by Gasteiger charge is -2.22. The van der Waals surface area contributed by atoms with E-state index in [1.165, 1.54) is 14.2 Å². The van der Waals surface area contributed by atoms with Crippen molar-refractivity contribution >= 4 is 23.6 Å². The van der Waals surface area contributed by atoms with E-state index in [-0.39, 0.29) is 17.2 Å². The number of rotatable bonds is 6. The van der Waals surface area contributed by atoms with Crippen molar-refractivity contribution in [3.8, 4) is 17.2 Å². The Morgan fingerprint density at radius 3 is 2.52 bits per heavy atom. The van der Waals surface area contributed by atoms with Crippen molar-refractivity contribution in [3.05, 3.63) is 53.1 Å². The molecule has 2 aromatic carbocycles. The fourth-order valence-corrected chi connectivity index (χ4v) is 5.20. The van der Waals surface area contributed by atoms with E-state index in [4.69, 9.17) is 14.2 Å². The normalized spacial score (nSPS) is 19.6. The highest BCUT2D eigenvalue weighted by Crippen LogP contribution is 2.52. The third-order valence-electron chi connectivity index (χ3n) is 5.22. The second-order valence-electron chi connectivity index (χ2n) is 6.75. The fourth-order valence-electron chi connectivity index (χ4n) is 3.74. The number of carbonyl (C=O) groups is 2. The van der Waals surface area contributed by atoms with E-state index in [2.05, 4.69) is 5.32 Å². The van der Waals surface area contributed by atoms with Gasteiger partial charge in [0.2, 0.25) is 5.91 Å². The minimum Gasteiger partial charge on any atom is -0.497 e. The first-order chi connectivity index (χ1) is 14.1. The molecule has 7 nitrogen and oxygen atoms in total. The molecule has 0 saturated carbocycles. The molecule has 0 bridgehead atoms. The number of methoxy groups -OCH3 is 3. The number of fused-ring (bicyclic) bond motifs is 3. The number of hydrogen-bond acceptors (Lipinski definition) is 6. The third kappa shape index (κ3) is 3.27. The van der Waals surface area contributed by atoms with Crippen molar-refractivity contribution < 1.29 is 23.8 Å². The molecule has 2 aliphatic rings. The smallest absolute Gasteiger partial charge is 0.260 e. The molecule has 2 heterocycles. The number of carbonyl (C=O) groups excluding carboxylic acids is 2. The van der Waals surface area contributed by atoms with Crippen LogP contribution in [0.1, 0.15) is 26.9 Å². The second kappa shape index (κ2) is 7.87. The molecule has 2 aromatic rings. The molecule has 8 heteroatoms. The maximum absolute atomic E-state index is 13.2. The zero-order valence-corrected chi connectivity index (χ0v) is 17.2. The lowest BCUT2D eigenvalue weighted by molar-refractivity contribution is -0.124. The summed E-state index contributed by atoms with van der Waals surface area (Å²) in [6.45, 7) is 0.390. The lowest BCUT2D eigenvalue weighted by Crippen LogP contribution is -2.45. The number of ether oxygens (including phenoxy) is 3. The van der Waals surface area contributed by atoms with E-state index in [1.54, 1.807) is 29.8 Å². The third-order valence-corrected chi connectivity index (χ3v) is 6.53. The highest BCUT2D eigenvalue weighted by Gasteiger charge is 2.50. The van der Waals surface area contributed by atoms with Crippen LogP contribution in [-0.2, 0) is 11.3 Å². The van der Waals surface area contributed by atoms with Gasteiger partial charge in [-0.05, 0) is 23.8 Å². The van der Waals surface area contributed by atoms with Gasteiger partial charge in [-0.3, -0.25) is 9.59 Å². The van der Waals surface area contributed by atoms with Crippen molar-refractivity contribution in [2.45, 2.75) is 18.0 Å². The van der Waals surface area contributed by atoms with Crippen LogP contribution >= 0.6 is 11.8 Å². The zero-order valence-electron chi connectivity index (χ0n) is 16.4. The average molecular weight is 414 g/mol. The molecule has 4 rings (SSSR count). The Balaban J connectivity index is 1.51. The highest BCUT2D eigenvalue weighted by atomic mass is 32.2. The van der Waals surface area contributed by atoms with E-state index in [9.17, 15) is 9.59 Å². The Hall–Kier alpha value is -2.87. The molecular weight excluding hydrogens is 392 g/mol. The van der Waals surface area contributed by atoms with E-state index >= 15 is 0 Å². The Kier molecular flexibility index (Phi) is 5.27. The molecule has 0 unspecified atom stereocenters. The predicted molar refractivity (Wildman–Crippen MR) is 110 cm³/mol. The first-order valence-electron chi connectivity index (χ1n) is 9.18. The van der Waals surface area contributed by atoms with Gasteiger partial charge in [-0.15, -0.1) is 11.8 Å². The van der Waals surface area contributed by atoms with E-state index in [0.717, 1.165) is 16.9 Å². The van der Waals surface area contributed by atoms with Gasteiger partial charge in [-0.1, -0.05) is 18.2 Å². The van der Waals surface area contributed by atoms with Gasteiger partial charge >= 0.3 is 0 Å². The van der Waals surface area contributed by atoms with Gasteiger partial charge in [0.25, 0.3) is 5.91 Å². The quantitative estimate of drug-likeness (QED) is 0.783. The van der Waals surface area contributed by atoms with E-state index in [1.807, 2.05) is 30.3 Å². The SMILES string of the molecule is COc1ccc(CNC(=O)[C@H]2CS[C@@H]3c4ccc(OC)c(OC)c4C(=O)N23)cc1. The maximum atomic E-state index is 13.2. The summed E-state index contributed by atoms with van der Waals surface area (Å²) in [6.07, 6.45) is 0. The molecule has 1 N–H and O–H groups in total. The number of hydrogen-bond donors (Lipinski definition) is 1. The molecule has 29 heavy (non-hydrogen) atoms. The van der Waals surface area contributed by atoms with Crippen LogP contribution in [0.5, 0.6) is 17.2 Å². The van der Waals surface area contributed by atoms with Crippen LogP contribution in [0.25, 0.3) is 0 Å². The van der Waals surface area contributed by atoms with Crippen LogP contribution in [0, 0.1) is 0 Å². The van der Waals surface area contributed by atoms with Gasteiger partial charge in [0.1, 0.15) is 17.2 Å². The summed E-state index contributed by atoms with van der Waals surface area (Å²) in [4.78, 5) is 27.7. The largest absolute Gasteiger partial charge is 0.497 e. The standard InChI is InChI=1S/C21H22N2O5S/c1-26-13-6-4-12(5-7-13)10-22-19(24)15-11-29-21-14-8-9-16(27-2)18(28-3)17(14)20(25)23(15)21/h4-9,15,21H,10-11H2,1-3H3,(H,22,24)/t15-,21-/m1/s1. The summed E-state index contributed by atoms with van der Waals surface area (Å²) < 4.78 is 15.9. The van der Waals surface area contributed by atoms with Crippen LogP contribution in [-0.4, -0.2) is 49.8 Å². The van der Waals surface area contributed by atoms with Gasteiger partial charge < -0.3 is 24.4 Å². The summed E-state index contributed by atoms with van der Waals surface area (Å²) in [5.41, 5.74) is 2.31. The van der Waals surface area contributed by atoms with Crippen molar-refractivity contribution in [2.75, 3.05) is 27.1 Å². The molecule has 152 valence electrons. The zero-order chi connectivity index (χ0) is 20.5. The van der Waals surface area contributed by atoms with E-state index < -0.39 is 6.04 Å². The van der Waals surface area contributed by atoms with Crippen molar-refractivity contribution in [1.29, 1.82) is 0 Å². The molecule has 0 aliphatic carbocycles. The van der Waals surface area contributed by atoms with Gasteiger partial charge in [0.05, 0.1) is 26.9 Å².